The molecule has 0 bridgehead atoms. The quantitative estimate of drug-likeness (QED) is 0.796. The van der Waals surface area contributed by atoms with Gasteiger partial charge in [0.1, 0.15) is 6.10 Å². The summed E-state index contributed by atoms with van der Waals surface area (Å²) in [7, 11) is 0. The van der Waals surface area contributed by atoms with Crippen LogP contribution in [0.3, 0.4) is 0 Å². The second-order valence-corrected chi connectivity index (χ2v) is 7.45. The summed E-state index contributed by atoms with van der Waals surface area (Å²) in [6.45, 7) is 6.75. The molecule has 4 rings (SSSR count). The van der Waals surface area contributed by atoms with E-state index in [1.807, 2.05) is 6.07 Å². The van der Waals surface area contributed by atoms with Gasteiger partial charge in [-0.05, 0) is 31.0 Å². The molecule has 0 N–H and O–H groups in total. The fraction of sp³-hybridized carbons (Fsp3) is 0.526. The lowest BCUT2D eigenvalue weighted by Crippen LogP contribution is -2.65. The number of esters is 1. The van der Waals surface area contributed by atoms with Crippen molar-refractivity contribution in [1.82, 2.24) is 10.2 Å². The first-order chi connectivity index (χ1) is 12.0. The molecule has 0 radical (unpaired) electrons. The molecule has 0 spiro atoms. The molecule has 1 saturated carbocycles. The largest absolute Gasteiger partial charge is 0.458 e. The molecule has 1 saturated heterocycles. The van der Waals surface area contributed by atoms with Crippen LogP contribution >= 0.6 is 0 Å². The number of rotatable bonds is 3. The number of ether oxygens (including phenoxy) is 2. The molecule has 0 amide bonds. The van der Waals surface area contributed by atoms with Crippen LogP contribution in [0.2, 0.25) is 0 Å². The van der Waals surface area contributed by atoms with Gasteiger partial charge in [-0.3, -0.25) is 0 Å². The molecule has 2 aliphatic rings. The van der Waals surface area contributed by atoms with Crippen molar-refractivity contribution in [3.63, 3.8) is 0 Å². The summed E-state index contributed by atoms with van der Waals surface area (Å²) in [5, 5.41) is 7.82. The number of benzene rings is 1. The molecule has 25 heavy (non-hydrogen) atoms. The van der Waals surface area contributed by atoms with E-state index in [9.17, 15) is 4.79 Å². The van der Waals surface area contributed by atoms with Gasteiger partial charge >= 0.3 is 5.97 Å². The minimum atomic E-state index is -0.319. The van der Waals surface area contributed by atoms with Crippen LogP contribution in [0, 0.1) is 18.3 Å². The van der Waals surface area contributed by atoms with Gasteiger partial charge in [0.15, 0.2) is 0 Å². The first-order valence-electron chi connectivity index (χ1n) is 8.70. The van der Waals surface area contributed by atoms with Gasteiger partial charge in [0.25, 0.3) is 0 Å². The van der Waals surface area contributed by atoms with Gasteiger partial charge < -0.3 is 13.9 Å². The lowest BCUT2D eigenvalue weighted by Gasteiger charge is -2.58. The standard InChI is InChI=1S/C19H22N2O4/c1-11-20-21-17(24-11)12-6-4-7-13(10-12)18(22)25-16-14-8-5-9-23-15(14)19(16,2)3/h4,6-7,10,14-16H,5,8-9H2,1-3H3. The lowest BCUT2D eigenvalue weighted by atomic mass is 9.57. The number of fused-ring (bicyclic) bond motifs is 1. The Hall–Kier alpha value is -2.21. The minimum Gasteiger partial charge on any atom is -0.458 e. The van der Waals surface area contributed by atoms with Gasteiger partial charge in [-0.25, -0.2) is 4.79 Å². The van der Waals surface area contributed by atoms with E-state index >= 15 is 0 Å². The highest BCUT2D eigenvalue weighted by atomic mass is 16.6. The van der Waals surface area contributed by atoms with Crippen LogP contribution in [0.25, 0.3) is 11.5 Å². The van der Waals surface area contributed by atoms with Gasteiger partial charge in [0.2, 0.25) is 11.8 Å². The number of aromatic nitrogens is 2. The van der Waals surface area contributed by atoms with Crippen LogP contribution in [0.5, 0.6) is 0 Å². The average Bonchev–Trinajstić information content (AvgIpc) is 3.06. The smallest absolute Gasteiger partial charge is 0.338 e. The molecule has 3 atom stereocenters. The van der Waals surface area contributed by atoms with E-state index in [2.05, 4.69) is 24.0 Å². The molecule has 1 aromatic carbocycles. The summed E-state index contributed by atoms with van der Waals surface area (Å²) in [6.07, 6.45) is 2.15. The number of aryl methyl sites for hydroxylation is 1. The van der Waals surface area contributed by atoms with Gasteiger partial charge in [-0.2, -0.15) is 0 Å². The molecule has 2 fully saturated rings. The van der Waals surface area contributed by atoms with Crippen molar-refractivity contribution in [3.05, 3.63) is 35.7 Å². The number of carbonyl (C=O) groups excluding carboxylic acids is 1. The molecule has 2 heterocycles. The van der Waals surface area contributed by atoms with Gasteiger partial charge in [0.05, 0.1) is 11.7 Å². The first-order valence-corrected chi connectivity index (χ1v) is 8.70. The molecular weight excluding hydrogens is 320 g/mol. The van der Waals surface area contributed by atoms with Crippen LogP contribution in [-0.4, -0.2) is 35.0 Å². The van der Waals surface area contributed by atoms with Crippen LogP contribution in [0.15, 0.2) is 28.7 Å². The molecule has 1 aliphatic heterocycles. The van der Waals surface area contributed by atoms with E-state index in [-0.39, 0.29) is 23.6 Å². The summed E-state index contributed by atoms with van der Waals surface area (Å²) in [5.74, 6) is 0.870. The summed E-state index contributed by atoms with van der Waals surface area (Å²) < 4.78 is 17.2. The van der Waals surface area contributed by atoms with Crippen molar-refractivity contribution >= 4 is 5.97 Å². The van der Waals surface area contributed by atoms with Crippen molar-refractivity contribution < 1.29 is 18.7 Å². The summed E-state index contributed by atoms with van der Waals surface area (Å²) in [5.41, 5.74) is 1.05. The third kappa shape index (κ3) is 2.74. The van der Waals surface area contributed by atoms with Crippen LogP contribution in [-0.2, 0) is 9.47 Å². The Balaban J connectivity index is 1.52. The monoisotopic (exact) mass is 342 g/mol. The van der Waals surface area contributed by atoms with E-state index in [1.165, 1.54) is 0 Å². The maximum Gasteiger partial charge on any atom is 0.338 e. The van der Waals surface area contributed by atoms with Crippen molar-refractivity contribution in [2.75, 3.05) is 6.61 Å². The number of nitrogens with zero attached hydrogens (tertiary/aromatic N) is 2. The summed E-state index contributed by atoms with van der Waals surface area (Å²) >= 11 is 0. The van der Waals surface area contributed by atoms with Crippen LogP contribution in [0.4, 0.5) is 0 Å². The normalized spacial score (nSPS) is 27.2. The molecule has 1 aromatic heterocycles. The Morgan fingerprint density at radius 1 is 1.32 bits per heavy atom. The topological polar surface area (TPSA) is 74.5 Å². The zero-order valence-electron chi connectivity index (χ0n) is 14.7. The Kier molecular flexibility index (Phi) is 3.87. The second kappa shape index (κ2) is 5.95. The highest BCUT2D eigenvalue weighted by molar-refractivity contribution is 5.90. The summed E-state index contributed by atoms with van der Waals surface area (Å²) in [4.78, 5) is 12.7. The Morgan fingerprint density at radius 3 is 2.92 bits per heavy atom. The molecule has 132 valence electrons. The zero-order chi connectivity index (χ0) is 17.6. The van der Waals surface area contributed by atoms with Crippen molar-refractivity contribution in [2.24, 2.45) is 11.3 Å². The van der Waals surface area contributed by atoms with Crippen molar-refractivity contribution in [1.29, 1.82) is 0 Å². The van der Waals surface area contributed by atoms with E-state index in [0.29, 0.717) is 28.8 Å². The first kappa shape index (κ1) is 16.3. The third-order valence-corrected chi connectivity index (χ3v) is 5.33. The van der Waals surface area contributed by atoms with Gasteiger partial charge in [-0.1, -0.05) is 19.9 Å². The van der Waals surface area contributed by atoms with E-state index in [0.717, 1.165) is 19.4 Å². The van der Waals surface area contributed by atoms with Gasteiger partial charge in [-0.15, -0.1) is 10.2 Å². The van der Waals surface area contributed by atoms with Crippen molar-refractivity contribution in [3.8, 4) is 11.5 Å². The maximum absolute atomic E-state index is 12.7. The Morgan fingerprint density at radius 2 is 2.16 bits per heavy atom. The lowest BCUT2D eigenvalue weighted by molar-refractivity contribution is -0.243. The fourth-order valence-electron chi connectivity index (χ4n) is 4.09. The van der Waals surface area contributed by atoms with E-state index in [4.69, 9.17) is 13.9 Å². The molecule has 6 nitrogen and oxygen atoms in total. The Labute approximate surface area is 146 Å². The Bertz CT molecular complexity index is 798. The highest BCUT2D eigenvalue weighted by Crippen LogP contribution is 2.53. The molecule has 1 aliphatic carbocycles. The summed E-state index contributed by atoms with van der Waals surface area (Å²) in [6, 6.07) is 7.11. The maximum atomic E-state index is 12.7. The highest BCUT2D eigenvalue weighted by Gasteiger charge is 2.60. The fourth-order valence-corrected chi connectivity index (χ4v) is 4.09. The molecular formula is C19H22N2O4. The zero-order valence-corrected chi connectivity index (χ0v) is 14.7. The number of hydrogen-bond donors (Lipinski definition) is 0. The van der Waals surface area contributed by atoms with Crippen LogP contribution < -0.4 is 0 Å². The SMILES string of the molecule is Cc1nnc(-c2cccc(C(=O)OC3C4CCCOC4C3(C)C)c2)o1. The van der Waals surface area contributed by atoms with E-state index in [1.54, 1.807) is 25.1 Å². The average molecular weight is 342 g/mol. The number of carbonyl (C=O) groups is 1. The molecule has 2 aromatic rings. The van der Waals surface area contributed by atoms with Crippen LogP contribution in [0.1, 0.15) is 42.9 Å². The molecule has 3 unspecified atom stereocenters. The predicted molar refractivity (Wildman–Crippen MR) is 89.9 cm³/mol. The van der Waals surface area contributed by atoms with Crippen molar-refractivity contribution in [2.45, 2.75) is 45.8 Å². The minimum absolute atomic E-state index is 0.111. The third-order valence-electron chi connectivity index (χ3n) is 5.33. The second-order valence-electron chi connectivity index (χ2n) is 7.45. The predicted octanol–water partition coefficient (Wildman–Crippen LogP) is 3.41. The molecule has 6 heteroatoms. The van der Waals surface area contributed by atoms with Gasteiger partial charge in [0, 0.05) is 30.4 Å². The van der Waals surface area contributed by atoms with E-state index < -0.39 is 0 Å². The number of hydrogen-bond acceptors (Lipinski definition) is 6.